The van der Waals surface area contributed by atoms with E-state index in [9.17, 15) is 0 Å². The summed E-state index contributed by atoms with van der Waals surface area (Å²) in [5.41, 5.74) is 0. The average molecular weight is 384 g/mol. The van der Waals surface area contributed by atoms with Crippen LogP contribution in [0.3, 0.4) is 0 Å². The van der Waals surface area contributed by atoms with Crippen LogP contribution in [0.5, 0.6) is 0 Å². The van der Waals surface area contributed by atoms with E-state index in [1.54, 1.807) is 0 Å². The number of aliphatic hydroxyl groups excluding tert-OH is 4. The van der Waals surface area contributed by atoms with Gasteiger partial charge in [-0.25, -0.2) is 26.4 Å². The Kier molecular flexibility index (Phi) is 79.1. The Labute approximate surface area is 152 Å². The van der Waals surface area contributed by atoms with Crippen molar-refractivity contribution < 1.29 is 46.6 Å². The molecule has 0 radical (unpaired) electrons. The Balaban J connectivity index is -0.0000000533. The van der Waals surface area contributed by atoms with Crippen LogP contribution in [0.25, 0.3) is 0 Å². The maximum atomic E-state index is 7.94. The smallest absolute Gasteiger partial charge is 0.566 e. The zero-order valence-corrected chi connectivity index (χ0v) is 16.7. The standard InChI is InChI=1S/4C4H9O.Zr/c4*1-2-3-4-5;/h4*4-5H,2-3H2,1H3;/q4*-1;+4. The van der Waals surface area contributed by atoms with E-state index in [0.29, 0.717) is 0 Å². The van der Waals surface area contributed by atoms with Crippen molar-refractivity contribution in [2.75, 3.05) is 0 Å². The second-order valence-electron chi connectivity index (χ2n) is 3.88. The predicted molar refractivity (Wildman–Crippen MR) is 84.6 cm³/mol. The molecule has 0 unspecified atom stereocenters. The van der Waals surface area contributed by atoms with Gasteiger partial charge in [0.1, 0.15) is 0 Å². The first kappa shape index (κ1) is 33.4. The SMILES string of the molecule is CCC[CH-]O.CCC[CH-]O.CCC[CH-]O.CCC[CH-]O.[Zr+4]. The van der Waals surface area contributed by atoms with Gasteiger partial charge in [0, 0.05) is 0 Å². The summed E-state index contributed by atoms with van der Waals surface area (Å²) in [5, 5.41) is 31.8. The Morgan fingerprint density at radius 3 is 0.619 bits per heavy atom. The molecule has 4 nitrogen and oxygen atoms in total. The summed E-state index contributed by atoms with van der Waals surface area (Å²) in [6.45, 7) is 12.8. The van der Waals surface area contributed by atoms with Gasteiger partial charge in [0.2, 0.25) is 0 Å². The van der Waals surface area contributed by atoms with Crippen LogP contribution in [0.2, 0.25) is 0 Å². The molecule has 0 atom stereocenters. The third kappa shape index (κ3) is 95.5. The van der Waals surface area contributed by atoms with Gasteiger partial charge in [-0.1, -0.05) is 53.4 Å². The summed E-state index contributed by atoms with van der Waals surface area (Å²) < 4.78 is 0. The molecule has 0 heterocycles. The summed E-state index contributed by atoms with van der Waals surface area (Å²) in [7, 11) is 0. The Hall–Kier alpha value is 0.723. The first-order valence-corrected chi connectivity index (χ1v) is 7.49. The van der Waals surface area contributed by atoms with E-state index >= 15 is 0 Å². The minimum atomic E-state index is 0. The second kappa shape index (κ2) is 49.8. The molecule has 0 aliphatic heterocycles. The molecule has 0 aliphatic carbocycles. The molecule has 128 valence electrons. The van der Waals surface area contributed by atoms with Crippen molar-refractivity contribution in [1.29, 1.82) is 0 Å². The summed E-state index contributed by atoms with van der Waals surface area (Å²) in [6.07, 6.45) is 7.43. The molecule has 0 rings (SSSR count). The van der Waals surface area contributed by atoms with Gasteiger partial charge in [0.15, 0.2) is 0 Å². The van der Waals surface area contributed by atoms with Gasteiger partial charge in [-0.15, -0.1) is 0 Å². The minimum Gasteiger partial charge on any atom is -0.566 e. The summed E-state index contributed by atoms with van der Waals surface area (Å²) in [4.78, 5) is 0. The molecule has 0 aliphatic rings. The first-order valence-electron chi connectivity index (χ1n) is 7.49. The van der Waals surface area contributed by atoms with Crippen molar-refractivity contribution in [1.82, 2.24) is 0 Å². The largest absolute Gasteiger partial charge is 4.00 e. The van der Waals surface area contributed by atoms with E-state index in [-0.39, 0.29) is 26.2 Å². The molecule has 0 amide bonds. The number of hydrogen-bond donors (Lipinski definition) is 4. The van der Waals surface area contributed by atoms with Gasteiger partial charge in [0.25, 0.3) is 0 Å². The Bertz CT molecular complexity index is 74.3. The zero-order valence-electron chi connectivity index (χ0n) is 14.3. The predicted octanol–water partition coefficient (Wildman–Crippen LogP) is 5.28. The number of unbranched alkanes of at least 4 members (excludes halogenated alkanes) is 4. The zero-order chi connectivity index (χ0) is 16.5. The maximum Gasteiger partial charge on any atom is 4.00 e. The van der Waals surface area contributed by atoms with Crippen molar-refractivity contribution in [3.63, 3.8) is 0 Å². The van der Waals surface area contributed by atoms with Crippen molar-refractivity contribution in [2.24, 2.45) is 0 Å². The topological polar surface area (TPSA) is 80.9 Å². The molecule has 0 aromatic carbocycles. The molecule has 0 saturated heterocycles. The Morgan fingerprint density at radius 2 is 0.619 bits per heavy atom. The summed E-state index contributed by atoms with van der Waals surface area (Å²) >= 11 is 0. The van der Waals surface area contributed by atoms with Gasteiger partial charge in [0.05, 0.1) is 0 Å². The number of rotatable bonds is 8. The van der Waals surface area contributed by atoms with Gasteiger partial charge in [-0.2, -0.15) is 25.7 Å². The molecule has 0 spiro atoms. The van der Waals surface area contributed by atoms with Crippen LogP contribution in [0, 0.1) is 26.4 Å². The van der Waals surface area contributed by atoms with Gasteiger partial charge in [-0.3, -0.25) is 0 Å². The van der Waals surface area contributed by atoms with Gasteiger partial charge >= 0.3 is 26.2 Å². The van der Waals surface area contributed by atoms with E-state index in [1.807, 2.05) is 27.7 Å². The Morgan fingerprint density at radius 1 is 0.476 bits per heavy atom. The monoisotopic (exact) mass is 382 g/mol. The summed E-state index contributed by atoms with van der Waals surface area (Å²) in [6, 6.07) is 0. The number of aliphatic hydroxyl groups is 4. The molecular formula is C16H36O4Zr. The number of hydrogen-bond acceptors (Lipinski definition) is 4. The van der Waals surface area contributed by atoms with E-state index in [1.165, 1.54) is 26.4 Å². The maximum absolute atomic E-state index is 7.94. The molecule has 0 bridgehead atoms. The molecule has 0 aromatic heterocycles. The molecular weight excluding hydrogens is 347 g/mol. The van der Waals surface area contributed by atoms with Gasteiger partial charge < -0.3 is 20.4 Å². The van der Waals surface area contributed by atoms with Crippen molar-refractivity contribution >= 4 is 0 Å². The molecule has 0 saturated carbocycles. The van der Waals surface area contributed by atoms with E-state index in [2.05, 4.69) is 0 Å². The molecule has 5 heteroatoms. The van der Waals surface area contributed by atoms with Crippen LogP contribution in [0.1, 0.15) is 79.1 Å². The van der Waals surface area contributed by atoms with Crippen molar-refractivity contribution in [3.8, 4) is 0 Å². The van der Waals surface area contributed by atoms with E-state index in [0.717, 1.165) is 51.4 Å². The quantitative estimate of drug-likeness (QED) is 0.430. The first-order chi connectivity index (χ1) is 9.66. The third-order valence-corrected chi connectivity index (χ3v) is 1.67. The van der Waals surface area contributed by atoms with Crippen LogP contribution < -0.4 is 0 Å². The second-order valence-corrected chi connectivity index (χ2v) is 3.88. The van der Waals surface area contributed by atoms with Gasteiger partial charge in [-0.05, 0) is 0 Å². The van der Waals surface area contributed by atoms with E-state index < -0.39 is 0 Å². The molecule has 21 heavy (non-hydrogen) atoms. The normalized spacial score (nSPS) is 8.00. The minimum absolute atomic E-state index is 0. The third-order valence-electron chi connectivity index (χ3n) is 1.67. The molecule has 4 N–H and O–H groups in total. The fraction of sp³-hybridized carbons (Fsp3) is 0.750. The van der Waals surface area contributed by atoms with Crippen LogP contribution >= 0.6 is 0 Å². The van der Waals surface area contributed by atoms with E-state index in [4.69, 9.17) is 20.4 Å². The summed E-state index contributed by atoms with van der Waals surface area (Å²) in [5.74, 6) is 0. The fourth-order valence-electron chi connectivity index (χ4n) is 0.516. The fourth-order valence-corrected chi connectivity index (χ4v) is 0.516. The average Bonchev–Trinajstić information content (AvgIpc) is 2.44. The van der Waals surface area contributed by atoms with Crippen LogP contribution in [-0.4, -0.2) is 20.4 Å². The van der Waals surface area contributed by atoms with Crippen LogP contribution in [0.4, 0.5) is 0 Å². The van der Waals surface area contributed by atoms with Crippen molar-refractivity contribution in [2.45, 2.75) is 79.1 Å². The molecule has 0 aromatic rings. The van der Waals surface area contributed by atoms with Crippen LogP contribution in [0.15, 0.2) is 0 Å². The molecule has 0 fully saturated rings. The van der Waals surface area contributed by atoms with Crippen molar-refractivity contribution in [3.05, 3.63) is 26.4 Å². The van der Waals surface area contributed by atoms with Crippen LogP contribution in [-0.2, 0) is 26.2 Å².